The van der Waals surface area contributed by atoms with Crippen LogP contribution in [0.4, 0.5) is 18.9 Å². The molecule has 0 spiro atoms. The summed E-state index contributed by atoms with van der Waals surface area (Å²) in [7, 11) is 0. The molecule has 0 atom stereocenters. The average Bonchev–Trinajstić information content (AvgIpc) is 2.32. The van der Waals surface area contributed by atoms with Crippen LogP contribution >= 0.6 is 11.6 Å². The first-order valence-electron chi connectivity index (χ1n) is 5.13. The van der Waals surface area contributed by atoms with Crippen LogP contribution in [0.1, 0.15) is 5.69 Å². The molecule has 100 valence electrons. The van der Waals surface area contributed by atoms with Gasteiger partial charge in [-0.1, -0.05) is 17.7 Å². The molecule has 19 heavy (non-hydrogen) atoms. The first-order valence-corrected chi connectivity index (χ1v) is 5.51. The van der Waals surface area contributed by atoms with Crippen molar-refractivity contribution in [3.8, 4) is 11.6 Å². The molecule has 3 nitrogen and oxygen atoms in total. The summed E-state index contributed by atoms with van der Waals surface area (Å²) < 4.78 is 42.6. The van der Waals surface area contributed by atoms with Gasteiger partial charge in [-0.3, -0.25) is 0 Å². The zero-order chi connectivity index (χ0) is 14.0. The van der Waals surface area contributed by atoms with E-state index in [2.05, 4.69) is 4.98 Å². The number of nitrogens with two attached hydrogens (primary N) is 1. The van der Waals surface area contributed by atoms with Gasteiger partial charge < -0.3 is 10.5 Å². The van der Waals surface area contributed by atoms with Crippen LogP contribution in [0.25, 0.3) is 0 Å². The first-order chi connectivity index (χ1) is 8.86. The Hall–Kier alpha value is -1.95. The molecule has 1 aromatic carbocycles. The number of alkyl halides is 3. The first kappa shape index (κ1) is 13.5. The number of halogens is 4. The van der Waals surface area contributed by atoms with Crippen molar-refractivity contribution in [2.75, 3.05) is 5.73 Å². The molecular formula is C12H8ClF3N2O. The van der Waals surface area contributed by atoms with Gasteiger partial charge in [0, 0.05) is 11.8 Å². The normalized spacial score (nSPS) is 11.4. The largest absolute Gasteiger partial charge is 0.437 e. The van der Waals surface area contributed by atoms with Gasteiger partial charge in [0.25, 0.3) is 0 Å². The quantitative estimate of drug-likeness (QED) is 0.845. The molecule has 7 heteroatoms. The van der Waals surface area contributed by atoms with Crippen LogP contribution < -0.4 is 10.5 Å². The van der Waals surface area contributed by atoms with Crippen molar-refractivity contribution in [3.63, 3.8) is 0 Å². The van der Waals surface area contributed by atoms with Crippen molar-refractivity contribution < 1.29 is 17.9 Å². The van der Waals surface area contributed by atoms with Crippen LogP contribution in [0.3, 0.4) is 0 Å². The third-order valence-corrected chi connectivity index (χ3v) is 2.48. The second-order valence-corrected chi connectivity index (χ2v) is 4.06. The third kappa shape index (κ3) is 3.29. The van der Waals surface area contributed by atoms with Crippen LogP contribution in [-0.2, 0) is 6.18 Å². The minimum absolute atomic E-state index is 0.183. The van der Waals surface area contributed by atoms with Gasteiger partial charge in [0.15, 0.2) is 0 Å². The maximum absolute atomic E-state index is 12.5. The maximum atomic E-state index is 12.5. The SMILES string of the molecule is Nc1ccc(Oc2cccc(C(F)(F)F)n2)c(Cl)c1. The minimum Gasteiger partial charge on any atom is -0.437 e. The van der Waals surface area contributed by atoms with Gasteiger partial charge in [-0.25, -0.2) is 4.98 Å². The maximum Gasteiger partial charge on any atom is 0.433 e. The summed E-state index contributed by atoms with van der Waals surface area (Å²) >= 11 is 5.85. The van der Waals surface area contributed by atoms with E-state index < -0.39 is 11.9 Å². The Morgan fingerprint density at radius 1 is 1.16 bits per heavy atom. The Labute approximate surface area is 111 Å². The number of benzene rings is 1. The van der Waals surface area contributed by atoms with Crippen LogP contribution in [-0.4, -0.2) is 4.98 Å². The van der Waals surface area contributed by atoms with E-state index in [1.807, 2.05) is 0 Å². The lowest BCUT2D eigenvalue weighted by atomic mass is 10.3. The van der Waals surface area contributed by atoms with E-state index in [1.165, 1.54) is 30.3 Å². The van der Waals surface area contributed by atoms with Gasteiger partial charge in [-0.2, -0.15) is 13.2 Å². The summed E-state index contributed by atoms with van der Waals surface area (Å²) in [6.07, 6.45) is -4.52. The Kier molecular flexibility index (Phi) is 3.53. The molecule has 1 aromatic heterocycles. The highest BCUT2D eigenvalue weighted by Gasteiger charge is 2.32. The molecule has 2 N–H and O–H groups in total. The van der Waals surface area contributed by atoms with Crippen molar-refractivity contribution >= 4 is 17.3 Å². The standard InChI is InChI=1S/C12H8ClF3N2O/c13-8-6-7(17)4-5-9(8)19-11-3-1-2-10(18-11)12(14,15)16/h1-6H,17H2. The topological polar surface area (TPSA) is 48.1 Å². The fourth-order valence-corrected chi connectivity index (χ4v) is 1.57. The van der Waals surface area contributed by atoms with Gasteiger partial charge in [0.1, 0.15) is 11.4 Å². The number of rotatable bonds is 2. The van der Waals surface area contributed by atoms with E-state index in [1.54, 1.807) is 0 Å². The monoisotopic (exact) mass is 288 g/mol. The highest BCUT2D eigenvalue weighted by Crippen LogP contribution is 2.32. The molecule has 2 aromatic rings. The summed E-state index contributed by atoms with van der Waals surface area (Å²) in [5, 5.41) is 0.194. The molecule has 0 aliphatic heterocycles. The van der Waals surface area contributed by atoms with Crippen LogP contribution in [0.15, 0.2) is 36.4 Å². The molecule has 0 saturated carbocycles. The average molecular weight is 289 g/mol. The van der Waals surface area contributed by atoms with Gasteiger partial charge in [-0.15, -0.1) is 0 Å². The number of aromatic nitrogens is 1. The summed E-state index contributed by atoms with van der Waals surface area (Å²) in [6.45, 7) is 0. The minimum atomic E-state index is -4.52. The molecule has 0 saturated heterocycles. The van der Waals surface area contributed by atoms with Crippen molar-refractivity contribution in [2.24, 2.45) is 0 Å². The molecule has 0 bridgehead atoms. The van der Waals surface area contributed by atoms with E-state index >= 15 is 0 Å². The van der Waals surface area contributed by atoms with Crippen molar-refractivity contribution in [1.82, 2.24) is 4.98 Å². The second-order valence-electron chi connectivity index (χ2n) is 3.65. The van der Waals surface area contributed by atoms with Crippen molar-refractivity contribution in [1.29, 1.82) is 0 Å². The van der Waals surface area contributed by atoms with Crippen LogP contribution in [0.2, 0.25) is 5.02 Å². The van der Waals surface area contributed by atoms with E-state index in [-0.39, 0.29) is 16.7 Å². The number of anilines is 1. The molecule has 2 rings (SSSR count). The molecule has 0 fully saturated rings. The number of hydrogen-bond acceptors (Lipinski definition) is 3. The lowest BCUT2D eigenvalue weighted by Gasteiger charge is -2.10. The van der Waals surface area contributed by atoms with Gasteiger partial charge in [0.2, 0.25) is 5.88 Å². The van der Waals surface area contributed by atoms with E-state index in [0.717, 1.165) is 6.07 Å². The van der Waals surface area contributed by atoms with Crippen molar-refractivity contribution in [3.05, 3.63) is 47.1 Å². The number of hydrogen-bond donors (Lipinski definition) is 1. The zero-order valence-corrected chi connectivity index (χ0v) is 10.2. The van der Waals surface area contributed by atoms with Crippen LogP contribution in [0.5, 0.6) is 11.6 Å². The second kappa shape index (κ2) is 4.97. The summed E-state index contributed by atoms with van der Waals surface area (Å²) in [5.41, 5.74) is 4.89. The van der Waals surface area contributed by atoms with Gasteiger partial charge in [0.05, 0.1) is 5.02 Å². The summed E-state index contributed by atoms with van der Waals surface area (Å²) in [5.74, 6) is -0.0100. The third-order valence-electron chi connectivity index (χ3n) is 2.18. The highest BCUT2D eigenvalue weighted by atomic mass is 35.5. The molecule has 0 aliphatic carbocycles. The number of nitrogen functional groups attached to an aromatic ring is 1. The smallest absolute Gasteiger partial charge is 0.433 e. The summed E-state index contributed by atoms with van der Waals surface area (Å²) in [4.78, 5) is 3.37. The van der Waals surface area contributed by atoms with E-state index in [9.17, 15) is 13.2 Å². The molecule has 1 heterocycles. The lowest BCUT2D eigenvalue weighted by molar-refractivity contribution is -0.141. The molecule has 0 unspecified atom stereocenters. The lowest BCUT2D eigenvalue weighted by Crippen LogP contribution is -2.07. The zero-order valence-electron chi connectivity index (χ0n) is 9.41. The fraction of sp³-hybridized carbons (Fsp3) is 0.0833. The van der Waals surface area contributed by atoms with E-state index in [0.29, 0.717) is 5.69 Å². The Balaban J connectivity index is 2.29. The number of nitrogens with zero attached hydrogens (tertiary/aromatic N) is 1. The predicted molar refractivity (Wildman–Crippen MR) is 65.2 cm³/mol. The summed E-state index contributed by atoms with van der Waals surface area (Å²) in [6, 6.07) is 7.79. The Morgan fingerprint density at radius 2 is 1.89 bits per heavy atom. The molecule has 0 amide bonds. The molecular weight excluding hydrogens is 281 g/mol. The number of pyridine rings is 1. The Bertz CT molecular complexity index is 602. The number of ether oxygens (including phenoxy) is 1. The Morgan fingerprint density at radius 3 is 2.53 bits per heavy atom. The fourth-order valence-electron chi connectivity index (χ4n) is 1.34. The van der Waals surface area contributed by atoms with Crippen molar-refractivity contribution in [2.45, 2.75) is 6.18 Å². The molecule has 0 aliphatic rings. The van der Waals surface area contributed by atoms with Crippen LogP contribution in [0, 0.1) is 0 Å². The molecule has 0 radical (unpaired) electrons. The predicted octanol–water partition coefficient (Wildman–Crippen LogP) is 4.13. The van der Waals surface area contributed by atoms with Gasteiger partial charge >= 0.3 is 6.18 Å². The van der Waals surface area contributed by atoms with Gasteiger partial charge in [-0.05, 0) is 24.3 Å². The highest BCUT2D eigenvalue weighted by molar-refractivity contribution is 6.32. The van der Waals surface area contributed by atoms with E-state index in [4.69, 9.17) is 22.1 Å².